The molecule has 0 spiro atoms. The predicted octanol–water partition coefficient (Wildman–Crippen LogP) is 5.02. The van der Waals surface area contributed by atoms with Crippen molar-refractivity contribution in [2.24, 2.45) is 5.92 Å². The Bertz CT molecular complexity index is 1480. The number of piperazine rings is 1. The summed E-state index contributed by atoms with van der Waals surface area (Å²) in [5.41, 5.74) is 1.70. The number of benzene rings is 2. The van der Waals surface area contributed by atoms with Gasteiger partial charge in [-0.2, -0.15) is 0 Å². The molecule has 2 fully saturated rings. The van der Waals surface area contributed by atoms with Gasteiger partial charge in [-0.15, -0.1) is 0 Å². The summed E-state index contributed by atoms with van der Waals surface area (Å²) in [6, 6.07) is 7.91. The number of amides is 1. The molecule has 2 heterocycles. The Balaban J connectivity index is 1.22. The topological polar surface area (TPSA) is 109 Å². The Morgan fingerprint density at radius 2 is 1.91 bits per heavy atom. The molecule has 43 heavy (non-hydrogen) atoms. The van der Waals surface area contributed by atoms with Crippen LogP contribution in [-0.2, 0) is 14.3 Å². The van der Waals surface area contributed by atoms with Crippen molar-refractivity contribution in [3.63, 3.8) is 0 Å². The number of fused-ring (bicyclic) bond motifs is 1. The standard InChI is InChI=1S/C31H36ClFN6O4/c1-2-42-30(41)9-11-39-14-12-38(13-15-39)10-3-4-29(40)37-27-17-23-26(18-28(27)43-19-21-5-6-21)34-20-35-31(23)36-22-7-8-25(33)24(32)16-22/h3-4,7-8,16-18,20-21H,2,5-6,9-15,19H2,1H3,(H,37,40)(H,34,35,36)/b4-3+. The van der Waals surface area contributed by atoms with Crippen molar-refractivity contribution in [2.75, 3.05) is 63.1 Å². The van der Waals surface area contributed by atoms with Gasteiger partial charge in [-0.25, -0.2) is 14.4 Å². The minimum absolute atomic E-state index is 0.00487. The van der Waals surface area contributed by atoms with Gasteiger partial charge in [-0.1, -0.05) is 17.7 Å². The SMILES string of the molecule is CCOC(=O)CCN1CCN(C/C=C/C(=O)Nc2cc3c(Nc4ccc(F)c(Cl)c4)ncnc3cc2OCC2CC2)CC1. The second-order valence-electron chi connectivity index (χ2n) is 10.7. The van der Waals surface area contributed by atoms with Crippen molar-refractivity contribution in [3.05, 3.63) is 59.7 Å². The fourth-order valence-electron chi connectivity index (χ4n) is 4.76. The summed E-state index contributed by atoms with van der Waals surface area (Å²) in [6.45, 7) is 7.56. The van der Waals surface area contributed by atoms with E-state index in [9.17, 15) is 14.0 Å². The van der Waals surface area contributed by atoms with Crippen LogP contribution >= 0.6 is 11.6 Å². The van der Waals surface area contributed by atoms with Crippen molar-refractivity contribution < 1.29 is 23.5 Å². The van der Waals surface area contributed by atoms with Crippen LogP contribution in [-0.4, -0.2) is 84.1 Å². The van der Waals surface area contributed by atoms with Gasteiger partial charge in [0.15, 0.2) is 0 Å². The van der Waals surface area contributed by atoms with E-state index in [2.05, 4.69) is 30.4 Å². The molecule has 0 atom stereocenters. The Hall–Kier alpha value is -3.80. The van der Waals surface area contributed by atoms with E-state index in [0.29, 0.717) is 72.5 Å². The van der Waals surface area contributed by atoms with E-state index in [-0.39, 0.29) is 16.9 Å². The fourth-order valence-corrected chi connectivity index (χ4v) is 4.95. The van der Waals surface area contributed by atoms with Crippen LogP contribution in [0.4, 0.5) is 21.6 Å². The molecule has 1 aromatic heterocycles. The summed E-state index contributed by atoms with van der Waals surface area (Å²) in [4.78, 5) is 37.9. The largest absolute Gasteiger partial charge is 0.491 e. The summed E-state index contributed by atoms with van der Waals surface area (Å²) in [5, 5.41) is 6.78. The number of nitrogens with zero attached hydrogens (tertiary/aromatic N) is 4. The number of rotatable bonds is 13. The molecule has 0 bridgehead atoms. The highest BCUT2D eigenvalue weighted by atomic mass is 35.5. The lowest BCUT2D eigenvalue weighted by Gasteiger charge is -2.33. The van der Waals surface area contributed by atoms with Gasteiger partial charge < -0.3 is 25.0 Å². The number of aromatic nitrogens is 2. The van der Waals surface area contributed by atoms with Gasteiger partial charge in [0.2, 0.25) is 5.91 Å². The smallest absolute Gasteiger partial charge is 0.307 e. The van der Waals surface area contributed by atoms with Gasteiger partial charge in [0.05, 0.1) is 35.9 Å². The second-order valence-corrected chi connectivity index (χ2v) is 11.1. The summed E-state index contributed by atoms with van der Waals surface area (Å²) in [5.74, 6) is 0.590. The number of ether oxygens (including phenoxy) is 2. The lowest BCUT2D eigenvalue weighted by Crippen LogP contribution is -2.46. The fraction of sp³-hybridized carbons (Fsp3) is 0.419. The first-order valence-electron chi connectivity index (χ1n) is 14.6. The molecule has 2 aliphatic rings. The van der Waals surface area contributed by atoms with Crippen molar-refractivity contribution in [3.8, 4) is 5.75 Å². The van der Waals surface area contributed by atoms with E-state index in [0.717, 1.165) is 39.0 Å². The Morgan fingerprint density at radius 1 is 1.12 bits per heavy atom. The third-order valence-corrected chi connectivity index (χ3v) is 7.67. The lowest BCUT2D eigenvalue weighted by molar-refractivity contribution is -0.143. The van der Waals surface area contributed by atoms with Gasteiger partial charge in [-0.3, -0.25) is 14.5 Å². The maximum Gasteiger partial charge on any atom is 0.307 e. The molecule has 1 aliphatic heterocycles. The second kappa shape index (κ2) is 14.6. The molecule has 12 heteroatoms. The average molecular weight is 611 g/mol. The summed E-state index contributed by atoms with van der Waals surface area (Å²) >= 11 is 5.96. The number of esters is 1. The summed E-state index contributed by atoms with van der Waals surface area (Å²) in [6.07, 6.45) is 7.48. The molecule has 2 N–H and O–H groups in total. The Kier molecular flexibility index (Phi) is 10.4. The molecular weight excluding hydrogens is 575 g/mol. The highest BCUT2D eigenvalue weighted by molar-refractivity contribution is 6.31. The number of nitrogens with one attached hydrogen (secondary N) is 2. The number of carbonyl (C=O) groups excluding carboxylic acids is 2. The number of carbonyl (C=O) groups is 2. The van der Waals surface area contributed by atoms with Gasteiger partial charge in [0.1, 0.15) is 23.7 Å². The normalized spacial score (nSPS) is 16.0. The maximum absolute atomic E-state index is 13.7. The highest BCUT2D eigenvalue weighted by Gasteiger charge is 2.23. The van der Waals surface area contributed by atoms with Gasteiger partial charge in [0.25, 0.3) is 0 Å². The first kappa shape index (κ1) is 30.7. The molecule has 228 valence electrons. The molecule has 10 nitrogen and oxygen atoms in total. The van der Waals surface area contributed by atoms with Crippen LogP contribution in [0.2, 0.25) is 5.02 Å². The summed E-state index contributed by atoms with van der Waals surface area (Å²) in [7, 11) is 0. The molecule has 0 unspecified atom stereocenters. The maximum atomic E-state index is 13.7. The van der Waals surface area contributed by atoms with E-state index < -0.39 is 5.82 Å². The van der Waals surface area contributed by atoms with Crippen LogP contribution in [0.1, 0.15) is 26.2 Å². The molecule has 2 aromatic carbocycles. The lowest BCUT2D eigenvalue weighted by atomic mass is 10.1. The minimum atomic E-state index is -0.511. The third kappa shape index (κ3) is 8.85. The average Bonchev–Trinajstić information content (AvgIpc) is 3.83. The molecule has 0 radical (unpaired) electrons. The quantitative estimate of drug-likeness (QED) is 0.204. The Labute approximate surface area is 255 Å². The predicted molar refractivity (Wildman–Crippen MR) is 164 cm³/mol. The van der Waals surface area contributed by atoms with E-state index in [4.69, 9.17) is 21.1 Å². The number of hydrogen-bond donors (Lipinski definition) is 2. The van der Waals surface area contributed by atoms with Crippen LogP contribution in [0.25, 0.3) is 10.9 Å². The van der Waals surface area contributed by atoms with Crippen molar-refractivity contribution >= 4 is 51.6 Å². The van der Waals surface area contributed by atoms with Gasteiger partial charge >= 0.3 is 5.97 Å². The number of hydrogen-bond acceptors (Lipinski definition) is 9. The van der Waals surface area contributed by atoms with Crippen LogP contribution in [0.15, 0.2) is 48.8 Å². The van der Waals surface area contributed by atoms with Crippen molar-refractivity contribution in [2.45, 2.75) is 26.2 Å². The van der Waals surface area contributed by atoms with Gasteiger partial charge in [-0.05, 0) is 49.9 Å². The molecule has 1 saturated carbocycles. The zero-order chi connectivity index (χ0) is 30.2. The van der Waals surface area contributed by atoms with Crippen LogP contribution in [0.5, 0.6) is 5.75 Å². The van der Waals surface area contributed by atoms with E-state index in [1.165, 1.54) is 24.5 Å². The van der Waals surface area contributed by atoms with Crippen molar-refractivity contribution in [1.82, 2.24) is 19.8 Å². The molecule has 5 rings (SSSR count). The first-order valence-corrected chi connectivity index (χ1v) is 15.0. The Morgan fingerprint density at radius 3 is 2.65 bits per heavy atom. The molecular formula is C31H36ClFN6O4. The molecule has 1 saturated heterocycles. The zero-order valence-electron chi connectivity index (χ0n) is 24.2. The van der Waals surface area contributed by atoms with Gasteiger partial charge in [0, 0.05) is 62.5 Å². The van der Waals surface area contributed by atoms with Crippen molar-refractivity contribution in [1.29, 1.82) is 0 Å². The third-order valence-electron chi connectivity index (χ3n) is 7.38. The number of halogens is 2. The molecule has 3 aromatic rings. The van der Waals surface area contributed by atoms with E-state index in [1.54, 1.807) is 18.2 Å². The monoisotopic (exact) mass is 610 g/mol. The van der Waals surface area contributed by atoms with Crippen LogP contribution in [0.3, 0.4) is 0 Å². The van der Waals surface area contributed by atoms with E-state index >= 15 is 0 Å². The van der Waals surface area contributed by atoms with E-state index in [1.807, 2.05) is 13.0 Å². The first-order chi connectivity index (χ1) is 20.9. The summed E-state index contributed by atoms with van der Waals surface area (Å²) < 4.78 is 24.8. The number of anilines is 3. The van der Waals surface area contributed by atoms with Crippen LogP contribution in [0, 0.1) is 11.7 Å². The minimum Gasteiger partial charge on any atom is -0.491 e. The van der Waals surface area contributed by atoms with Crippen LogP contribution < -0.4 is 15.4 Å². The zero-order valence-corrected chi connectivity index (χ0v) is 24.9. The molecule has 1 aliphatic carbocycles. The highest BCUT2D eigenvalue weighted by Crippen LogP contribution is 2.36. The molecule has 1 amide bonds.